The predicted octanol–water partition coefficient (Wildman–Crippen LogP) is 2.53. The van der Waals surface area contributed by atoms with Gasteiger partial charge in [-0.1, -0.05) is 12.1 Å². The molecule has 1 aromatic carbocycles. The SMILES string of the molecule is COc1ccccc1N(C)C(CN)c1cnccc1C. The summed E-state index contributed by atoms with van der Waals surface area (Å²) >= 11 is 0. The van der Waals surface area contributed by atoms with E-state index in [1.807, 2.05) is 43.6 Å². The third-order valence-electron chi connectivity index (χ3n) is 3.59. The molecule has 0 bridgehead atoms. The largest absolute Gasteiger partial charge is 0.495 e. The minimum atomic E-state index is 0.0694. The van der Waals surface area contributed by atoms with E-state index in [0.717, 1.165) is 17.0 Å². The van der Waals surface area contributed by atoms with Crippen molar-refractivity contribution < 1.29 is 4.74 Å². The van der Waals surface area contributed by atoms with Crippen molar-refractivity contribution in [2.45, 2.75) is 13.0 Å². The fraction of sp³-hybridized carbons (Fsp3) is 0.312. The van der Waals surface area contributed by atoms with E-state index in [2.05, 4.69) is 16.8 Å². The molecule has 2 N–H and O–H groups in total. The number of nitrogens with zero attached hydrogens (tertiary/aromatic N) is 2. The van der Waals surface area contributed by atoms with Crippen molar-refractivity contribution >= 4 is 5.69 Å². The van der Waals surface area contributed by atoms with Gasteiger partial charge in [-0.15, -0.1) is 0 Å². The van der Waals surface area contributed by atoms with Gasteiger partial charge in [0.2, 0.25) is 0 Å². The lowest BCUT2D eigenvalue weighted by atomic mass is 10.0. The summed E-state index contributed by atoms with van der Waals surface area (Å²) in [7, 11) is 3.71. The molecular weight excluding hydrogens is 250 g/mol. The maximum Gasteiger partial charge on any atom is 0.142 e. The van der Waals surface area contributed by atoms with Crippen LogP contribution in [0.5, 0.6) is 5.75 Å². The van der Waals surface area contributed by atoms with Gasteiger partial charge in [-0.2, -0.15) is 0 Å². The molecule has 0 saturated heterocycles. The van der Waals surface area contributed by atoms with Crippen LogP contribution in [-0.4, -0.2) is 25.7 Å². The Morgan fingerprint density at radius 3 is 2.70 bits per heavy atom. The second-order valence-electron chi connectivity index (χ2n) is 4.77. The summed E-state index contributed by atoms with van der Waals surface area (Å²) in [6.07, 6.45) is 3.69. The van der Waals surface area contributed by atoms with Crippen LogP contribution in [0, 0.1) is 6.92 Å². The van der Waals surface area contributed by atoms with Crippen molar-refractivity contribution in [1.29, 1.82) is 0 Å². The number of benzene rings is 1. The first-order valence-electron chi connectivity index (χ1n) is 6.65. The average Bonchev–Trinajstić information content (AvgIpc) is 2.49. The minimum Gasteiger partial charge on any atom is -0.495 e. The van der Waals surface area contributed by atoms with E-state index in [0.29, 0.717) is 6.54 Å². The number of likely N-dealkylation sites (N-methyl/N-ethyl adjacent to an activating group) is 1. The van der Waals surface area contributed by atoms with Gasteiger partial charge in [-0.25, -0.2) is 0 Å². The van der Waals surface area contributed by atoms with Crippen molar-refractivity contribution in [3.63, 3.8) is 0 Å². The second-order valence-corrected chi connectivity index (χ2v) is 4.77. The van der Waals surface area contributed by atoms with Crippen LogP contribution >= 0.6 is 0 Å². The number of hydrogen-bond donors (Lipinski definition) is 1. The Kier molecular flexibility index (Phi) is 4.58. The summed E-state index contributed by atoms with van der Waals surface area (Å²) < 4.78 is 5.43. The Labute approximate surface area is 120 Å². The van der Waals surface area contributed by atoms with Crippen molar-refractivity contribution in [3.8, 4) is 5.75 Å². The van der Waals surface area contributed by atoms with Gasteiger partial charge in [0, 0.05) is 26.0 Å². The number of hydrogen-bond acceptors (Lipinski definition) is 4. The number of para-hydroxylation sites is 2. The highest BCUT2D eigenvalue weighted by molar-refractivity contribution is 5.59. The van der Waals surface area contributed by atoms with Crippen LogP contribution in [0.4, 0.5) is 5.69 Å². The van der Waals surface area contributed by atoms with E-state index >= 15 is 0 Å². The number of anilines is 1. The van der Waals surface area contributed by atoms with Crippen molar-refractivity contribution in [2.75, 3.05) is 25.6 Å². The standard InChI is InChI=1S/C16H21N3O/c1-12-8-9-18-11-13(12)15(10-17)19(2)14-6-4-5-7-16(14)20-3/h4-9,11,15H,10,17H2,1-3H3. The maximum absolute atomic E-state index is 5.99. The molecule has 0 aliphatic rings. The summed E-state index contributed by atoms with van der Waals surface area (Å²) in [4.78, 5) is 6.36. The molecule has 0 aliphatic heterocycles. The number of aromatic nitrogens is 1. The van der Waals surface area contributed by atoms with Crippen LogP contribution in [-0.2, 0) is 0 Å². The topological polar surface area (TPSA) is 51.4 Å². The highest BCUT2D eigenvalue weighted by Gasteiger charge is 2.20. The Morgan fingerprint density at radius 1 is 1.30 bits per heavy atom. The van der Waals surface area contributed by atoms with E-state index in [-0.39, 0.29) is 6.04 Å². The molecule has 4 heteroatoms. The van der Waals surface area contributed by atoms with Crippen LogP contribution in [0.25, 0.3) is 0 Å². The molecule has 2 aromatic rings. The van der Waals surface area contributed by atoms with Crippen LogP contribution in [0.3, 0.4) is 0 Å². The lowest BCUT2D eigenvalue weighted by Gasteiger charge is -2.31. The van der Waals surface area contributed by atoms with Crippen molar-refractivity contribution in [1.82, 2.24) is 4.98 Å². The summed E-state index contributed by atoms with van der Waals surface area (Å²) in [6, 6.07) is 10.0. The summed E-state index contributed by atoms with van der Waals surface area (Å²) in [5.74, 6) is 0.843. The maximum atomic E-state index is 5.99. The smallest absolute Gasteiger partial charge is 0.142 e. The van der Waals surface area contributed by atoms with Crippen LogP contribution in [0.2, 0.25) is 0 Å². The first-order valence-corrected chi connectivity index (χ1v) is 6.65. The average molecular weight is 271 g/mol. The van der Waals surface area contributed by atoms with Crippen LogP contribution < -0.4 is 15.4 Å². The molecule has 2 rings (SSSR count). The van der Waals surface area contributed by atoms with Crippen molar-refractivity contribution in [2.24, 2.45) is 5.73 Å². The van der Waals surface area contributed by atoms with E-state index in [9.17, 15) is 0 Å². The van der Waals surface area contributed by atoms with Crippen LogP contribution in [0.1, 0.15) is 17.2 Å². The van der Waals surface area contributed by atoms with E-state index in [4.69, 9.17) is 10.5 Å². The first-order chi connectivity index (χ1) is 9.69. The molecule has 0 aliphatic carbocycles. The molecule has 0 spiro atoms. The lowest BCUT2D eigenvalue weighted by molar-refractivity contribution is 0.413. The van der Waals surface area contributed by atoms with E-state index in [1.165, 1.54) is 5.56 Å². The molecule has 4 nitrogen and oxygen atoms in total. The quantitative estimate of drug-likeness (QED) is 0.908. The van der Waals surface area contributed by atoms with Gasteiger partial charge in [0.15, 0.2) is 0 Å². The lowest BCUT2D eigenvalue weighted by Crippen LogP contribution is -2.31. The molecule has 0 saturated carbocycles. The molecule has 1 atom stereocenters. The Hall–Kier alpha value is -2.07. The first kappa shape index (κ1) is 14.3. The molecule has 0 fully saturated rings. The Balaban J connectivity index is 2.39. The van der Waals surface area contributed by atoms with Gasteiger partial charge in [0.1, 0.15) is 5.75 Å². The number of pyridine rings is 1. The molecular formula is C16H21N3O. The molecule has 0 amide bonds. The predicted molar refractivity (Wildman–Crippen MR) is 82.2 cm³/mol. The second kappa shape index (κ2) is 6.39. The number of methoxy groups -OCH3 is 1. The van der Waals surface area contributed by atoms with Gasteiger partial charge in [0.05, 0.1) is 18.8 Å². The van der Waals surface area contributed by atoms with Gasteiger partial charge in [-0.3, -0.25) is 4.98 Å². The molecule has 106 valence electrons. The molecule has 1 aromatic heterocycles. The van der Waals surface area contributed by atoms with Gasteiger partial charge in [-0.05, 0) is 36.2 Å². The minimum absolute atomic E-state index is 0.0694. The summed E-state index contributed by atoms with van der Waals surface area (Å²) in [5, 5.41) is 0. The Bertz CT molecular complexity index is 571. The monoisotopic (exact) mass is 271 g/mol. The van der Waals surface area contributed by atoms with Crippen LogP contribution in [0.15, 0.2) is 42.7 Å². The zero-order valence-electron chi connectivity index (χ0n) is 12.2. The molecule has 1 heterocycles. The number of aryl methyl sites for hydroxylation is 1. The zero-order valence-corrected chi connectivity index (χ0v) is 12.2. The number of rotatable bonds is 5. The Morgan fingerprint density at radius 2 is 2.05 bits per heavy atom. The van der Waals surface area contributed by atoms with E-state index in [1.54, 1.807) is 13.3 Å². The summed E-state index contributed by atoms with van der Waals surface area (Å²) in [6.45, 7) is 2.59. The molecule has 1 unspecified atom stereocenters. The fourth-order valence-electron chi connectivity index (χ4n) is 2.41. The van der Waals surface area contributed by atoms with E-state index < -0.39 is 0 Å². The molecule has 20 heavy (non-hydrogen) atoms. The number of nitrogens with two attached hydrogens (primary N) is 1. The molecule has 0 radical (unpaired) electrons. The van der Waals surface area contributed by atoms with Gasteiger partial charge < -0.3 is 15.4 Å². The normalized spacial score (nSPS) is 12.0. The van der Waals surface area contributed by atoms with Crippen molar-refractivity contribution in [3.05, 3.63) is 53.9 Å². The fourth-order valence-corrected chi connectivity index (χ4v) is 2.41. The highest BCUT2D eigenvalue weighted by Crippen LogP contribution is 2.33. The zero-order chi connectivity index (χ0) is 14.5. The third-order valence-corrected chi connectivity index (χ3v) is 3.59. The third kappa shape index (κ3) is 2.75. The van der Waals surface area contributed by atoms with Gasteiger partial charge in [0.25, 0.3) is 0 Å². The summed E-state index contributed by atoms with van der Waals surface area (Å²) in [5.41, 5.74) is 9.35. The highest BCUT2D eigenvalue weighted by atomic mass is 16.5. The number of ether oxygens (including phenoxy) is 1. The van der Waals surface area contributed by atoms with Gasteiger partial charge >= 0.3 is 0 Å².